The second kappa shape index (κ2) is 5.98. The zero-order valence-electron chi connectivity index (χ0n) is 10.9. The summed E-state index contributed by atoms with van der Waals surface area (Å²) >= 11 is 0. The van der Waals surface area contributed by atoms with Crippen LogP contribution in [0.15, 0.2) is 24.3 Å². The number of carbonyl (C=O) groups excluding carboxylic acids is 1. The number of amides is 1. The Morgan fingerprint density at radius 1 is 1.55 bits per heavy atom. The lowest BCUT2D eigenvalue weighted by molar-refractivity contribution is -0.384. The molecule has 1 unspecified atom stereocenters. The van der Waals surface area contributed by atoms with Gasteiger partial charge in [0.25, 0.3) is 5.69 Å². The number of nitrogens with one attached hydrogen (secondary N) is 1. The van der Waals surface area contributed by atoms with Gasteiger partial charge in [-0.3, -0.25) is 14.9 Å². The van der Waals surface area contributed by atoms with Crippen LogP contribution in [0.2, 0.25) is 0 Å². The summed E-state index contributed by atoms with van der Waals surface area (Å²) in [6.45, 7) is 0.822. The van der Waals surface area contributed by atoms with Crippen molar-refractivity contribution in [3.8, 4) is 0 Å². The van der Waals surface area contributed by atoms with Crippen LogP contribution in [-0.2, 0) is 16.0 Å². The molecule has 1 saturated heterocycles. The number of carbonyl (C=O) groups is 1. The van der Waals surface area contributed by atoms with Crippen LogP contribution in [0.1, 0.15) is 12.0 Å². The molecule has 1 aliphatic rings. The summed E-state index contributed by atoms with van der Waals surface area (Å²) in [4.78, 5) is 21.9. The van der Waals surface area contributed by atoms with E-state index in [4.69, 9.17) is 4.74 Å². The first kappa shape index (κ1) is 14.4. The minimum atomic E-state index is -1.00. The SMILES string of the molecule is O=C(Cc1cccc([N+](=O)[O-])c1)NCC1(O)CCOC1. The molecular weight excluding hydrogens is 264 g/mol. The van der Waals surface area contributed by atoms with E-state index in [-0.39, 0.29) is 31.2 Å². The fourth-order valence-electron chi connectivity index (χ4n) is 2.03. The van der Waals surface area contributed by atoms with Crippen LogP contribution in [0.3, 0.4) is 0 Å². The van der Waals surface area contributed by atoms with Crippen molar-refractivity contribution in [2.24, 2.45) is 0 Å². The number of hydrogen-bond acceptors (Lipinski definition) is 5. The van der Waals surface area contributed by atoms with Crippen LogP contribution in [0, 0.1) is 10.1 Å². The predicted octanol–water partition coefficient (Wildman–Crippen LogP) is 0.405. The Morgan fingerprint density at radius 3 is 3.00 bits per heavy atom. The second-order valence-corrected chi connectivity index (χ2v) is 4.91. The quantitative estimate of drug-likeness (QED) is 0.600. The molecule has 2 N–H and O–H groups in total. The lowest BCUT2D eigenvalue weighted by Gasteiger charge is -2.20. The largest absolute Gasteiger partial charge is 0.386 e. The zero-order valence-corrected chi connectivity index (χ0v) is 10.9. The monoisotopic (exact) mass is 280 g/mol. The molecule has 0 bridgehead atoms. The number of nitro groups is 1. The van der Waals surface area contributed by atoms with E-state index in [0.717, 1.165) is 0 Å². The van der Waals surface area contributed by atoms with Crippen molar-refractivity contribution in [1.82, 2.24) is 5.32 Å². The van der Waals surface area contributed by atoms with Crippen molar-refractivity contribution in [3.05, 3.63) is 39.9 Å². The highest BCUT2D eigenvalue weighted by Crippen LogP contribution is 2.17. The predicted molar refractivity (Wildman–Crippen MR) is 70.2 cm³/mol. The van der Waals surface area contributed by atoms with Crippen molar-refractivity contribution in [2.75, 3.05) is 19.8 Å². The normalized spacial score (nSPS) is 21.6. The fraction of sp³-hybridized carbons (Fsp3) is 0.462. The number of aliphatic hydroxyl groups is 1. The molecule has 0 saturated carbocycles. The number of rotatable bonds is 5. The summed E-state index contributed by atoms with van der Waals surface area (Å²) in [6.07, 6.45) is 0.530. The van der Waals surface area contributed by atoms with E-state index in [2.05, 4.69) is 5.32 Å². The fourth-order valence-corrected chi connectivity index (χ4v) is 2.03. The van der Waals surface area contributed by atoms with Crippen LogP contribution < -0.4 is 5.32 Å². The van der Waals surface area contributed by atoms with Gasteiger partial charge in [0.05, 0.1) is 18.0 Å². The Hall–Kier alpha value is -1.99. The summed E-state index contributed by atoms with van der Waals surface area (Å²) in [5, 5.41) is 23.3. The highest BCUT2D eigenvalue weighted by molar-refractivity contribution is 5.78. The molecule has 0 radical (unpaired) electrons. The van der Waals surface area contributed by atoms with Gasteiger partial charge in [-0.15, -0.1) is 0 Å². The molecular formula is C13H16N2O5. The topological polar surface area (TPSA) is 102 Å². The lowest BCUT2D eigenvalue weighted by atomic mass is 10.0. The third kappa shape index (κ3) is 3.75. The Kier molecular flexibility index (Phi) is 4.31. The standard InChI is InChI=1S/C13H16N2O5/c16-12(14-8-13(17)4-5-20-9-13)7-10-2-1-3-11(6-10)15(18)19/h1-3,6,17H,4-5,7-9H2,(H,14,16). The Labute approximate surface area is 115 Å². The third-order valence-corrected chi connectivity index (χ3v) is 3.18. The van der Waals surface area contributed by atoms with Crippen LogP contribution in [-0.4, -0.2) is 41.3 Å². The molecule has 0 aliphatic carbocycles. The molecule has 1 atom stereocenters. The van der Waals surface area contributed by atoms with E-state index in [1.165, 1.54) is 12.1 Å². The number of hydrogen-bond donors (Lipinski definition) is 2. The first-order valence-corrected chi connectivity index (χ1v) is 6.29. The maximum atomic E-state index is 11.8. The van der Waals surface area contributed by atoms with Gasteiger partial charge < -0.3 is 15.2 Å². The van der Waals surface area contributed by atoms with Gasteiger partial charge in [0, 0.05) is 31.7 Å². The van der Waals surface area contributed by atoms with Crippen LogP contribution in [0.5, 0.6) is 0 Å². The van der Waals surface area contributed by atoms with Gasteiger partial charge in [-0.05, 0) is 5.56 Å². The summed E-state index contributed by atoms with van der Waals surface area (Å²) < 4.78 is 5.08. The Morgan fingerprint density at radius 2 is 2.35 bits per heavy atom. The summed E-state index contributed by atoms with van der Waals surface area (Å²) in [7, 11) is 0. The molecule has 108 valence electrons. The average molecular weight is 280 g/mol. The van der Waals surface area contributed by atoms with Gasteiger partial charge in [0.15, 0.2) is 0 Å². The van der Waals surface area contributed by atoms with Gasteiger partial charge in [-0.2, -0.15) is 0 Å². The first-order chi connectivity index (χ1) is 9.48. The minimum Gasteiger partial charge on any atom is -0.386 e. The maximum absolute atomic E-state index is 11.8. The molecule has 0 aromatic heterocycles. The van der Waals surface area contributed by atoms with E-state index in [0.29, 0.717) is 18.6 Å². The van der Waals surface area contributed by atoms with Gasteiger partial charge >= 0.3 is 0 Å². The molecule has 1 amide bonds. The molecule has 1 fully saturated rings. The van der Waals surface area contributed by atoms with Gasteiger partial charge in [-0.1, -0.05) is 12.1 Å². The number of nitro benzene ring substituents is 1. The van der Waals surface area contributed by atoms with Crippen molar-refractivity contribution in [3.63, 3.8) is 0 Å². The van der Waals surface area contributed by atoms with Crippen molar-refractivity contribution >= 4 is 11.6 Å². The molecule has 1 aromatic carbocycles. The zero-order chi connectivity index (χ0) is 14.6. The van der Waals surface area contributed by atoms with Crippen LogP contribution in [0.25, 0.3) is 0 Å². The second-order valence-electron chi connectivity index (χ2n) is 4.91. The van der Waals surface area contributed by atoms with Crippen LogP contribution >= 0.6 is 0 Å². The number of nitrogens with zero attached hydrogens (tertiary/aromatic N) is 1. The molecule has 1 heterocycles. The summed E-state index contributed by atoms with van der Waals surface area (Å²) in [6, 6.07) is 5.94. The van der Waals surface area contributed by atoms with E-state index < -0.39 is 10.5 Å². The van der Waals surface area contributed by atoms with E-state index >= 15 is 0 Å². The third-order valence-electron chi connectivity index (χ3n) is 3.18. The Bertz CT molecular complexity index is 511. The van der Waals surface area contributed by atoms with Gasteiger partial charge in [0.1, 0.15) is 5.60 Å². The highest BCUT2D eigenvalue weighted by atomic mass is 16.6. The average Bonchev–Trinajstić information content (AvgIpc) is 2.84. The van der Waals surface area contributed by atoms with Gasteiger partial charge in [-0.25, -0.2) is 0 Å². The van der Waals surface area contributed by atoms with Crippen molar-refractivity contribution in [2.45, 2.75) is 18.4 Å². The maximum Gasteiger partial charge on any atom is 0.269 e. The smallest absolute Gasteiger partial charge is 0.269 e. The summed E-state index contributed by atoms with van der Waals surface area (Å²) in [5.74, 6) is -0.286. The van der Waals surface area contributed by atoms with Crippen LogP contribution in [0.4, 0.5) is 5.69 Å². The molecule has 7 heteroatoms. The molecule has 7 nitrogen and oxygen atoms in total. The summed E-state index contributed by atoms with van der Waals surface area (Å²) in [5.41, 5.74) is -0.484. The molecule has 2 rings (SSSR count). The number of benzene rings is 1. The molecule has 1 aliphatic heterocycles. The van der Waals surface area contributed by atoms with E-state index in [1.807, 2.05) is 0 Å². The Balaban J connectivity index is 1.88. The van der Waals surface area contributed by atoms with E-state index in [1.54, 1.807) is 12.1 Å². The highest BCUT2D eigenvalue weighted by Gasteiger charge is 2.32. The van der Waals surface area contributed by atoms with Crippen molar-refractivity contribution in [1.29, 1.82) is 0 Å². The van der Waals surface area contributed by atoms with Crippen molar-refractivity contribution < 1.29 is 19.6 Å². The molecule has 20 heavy (non-hydrogen) atoms. The number of ether oxygens (including phenoxy) is 1. The number of non-ortho nitro benzene ring substituents is 1. The first-order valence-electron chi connectivity index (χ1n) is 6.29. The van der Waals surface area contributed by atoms with E-state index in [9.17, 15) is 20.0 Å². The minimum absolute atomic E-state index is 0.0403. The lowest BCUT2D eigenvalue weighted by Crippen LogP contribution is -2.43. The van der Waals surface area contributed by atoms with Gasteiger partial charge in [0.2, 0.25) is 5.91 Å². The molecule has 0 spiro atoms. The molecule has 1 aromatic rings.